The highest BCUT2D eigenvalue weighted by Gasteiger charge is 2.43. The number of carbonyl (C=O) groups excluding carboxylic acids is 7. The lowest BCUT2D eigenvalue weighted by Crippen LogP contribution is -2.55. The molecule has 2 saturated heterocycles. The van der Waals surface area contributed by atoms with Gasteiger partial charge in [-0.25, -0.2) is 14.4 Å². The first-order chi connectivity index (χ1) is 40.8. The first-order valence-electron chi connectivity index (χ1n) is 29.6. The average Bonchev–Trinajstić information content (AvgIpc) is 1.14. The Balaban J connectivity index is 1.22. The molecule has 0 aromatic heterocycles. The molecular weight excluding hydrogens is 1150 g/mol. The molecule has 480 valence electrons. The van der Waals surface area contributed by atoms with Crippen molar-refractivity contribution in [2.45, 2.75) is 161 Å². The molecule has 0 aliphatic carbocycles. The first kappa shape index (κ1) is 70.4. The maximum Gasteiger partial charge on any atom is 0.411 e. The molecule has 4 atom stereocenters. The van der Waals surface area contributed by atoms with Gasteiger partial charge in [-0.1, -0.05) is 80.2 Å². The van der Waals surface area contributed by atoms with Gasteiger partial charge in [0.2, 0.25) is 11.8 Å². The van der Waals surface area contributed by atoms with Crippen LogP contribution in [0.4, 0.5) is 25.8 Å². The second-order valence-electron chi connectivity index (χ2n) is 25.1. The van der Waals surface area contributed by atoms with Crippen LogP contribution in [0, 0.1) is 5.92 Å². The van der Waals surface area contributed by atoms with E-state index in [0.29, 0.717) is 56.8 Å². The number of nitrogens with two attached hydrogens (primary N) is 1. The van der Waals surface area contributed by atoms with Gasteiger partial charge in [-0.3, -0.25) is 24.5 Å². The number of unbranched alkanes of at least 4 members (excludes halogenated alkanes) is 2. The minimum Gasteiger partial charge on any atom is -0.493 e. The van der Waals surface area contributed by atoms with Gasteiger partial charge in [0.05, 0.1) is 69.5 Å². The smallest absolute Gasteiger partial charge is 0.411 e. The number of hydrogen-bond donors (Lipinski definition) is 5. The number of nitrogens with zero attached hydrogens (tertiary/aromatic N) is 2. The van der Waals surface area contributed by atoms with Crippen molar-refractivity contribution in [1.29, 1.82) is 0 Å². The van der Waals surface area contributed by atoms with Crippen molar-refractivity contribution in [2.24, 2.45) is 11.7 Å². The van der Waals surface area contributed by atoms with Crippen molar-refractivity contribution < 1.29 is 75.6 Å². The topological polar surface area (TPSA) is 283 Å². The fourth-order valence-corrected chi connectivity index (χ4v) is 10.7. The van der Waals surface area contributed by atoms with Gasteiger partial charge < -0.3 is 73.5 Å². The maximum absolute atomic E-state index is 14.4. The minimum atomic E-state index is -2.13. The third-order valence-electron chi connectivity index (χ3n) is 16.4. The lowest BCUT2D eigenvalue weighted by Gasteiger charge is -2.44. The average molecular weight is 1250 g/mol. The molecule has 2 aliphatic rings. The molecule has 2 heterocycles. The SMILES string of the molecule is C=CCOC(=O)NC(C(=O)NC(C)C(=O)Nc1ccc(COC(=O)Nc2cc(OCCCCCOc3cc(OC(N)=O)c(C(=O)N4CC[C@H]4CO[Si](C)(C)C(C)(C)C)cc3OC)c(OC)cc2C(=O)N2CC[C@H]2CO[Si](C)(C)C(C)(C)C)cc1)C(C)C. The van der Waals surface area contributed by atoms with E-state index in [0.717, 1.165) is 12.8 Å². The van der Waals surface area contributed by atoms with Crippen LogP contribution in [0.15, 0.2) is 61.2 Å². The van der Waals surface area contributed by atoms with Gasteiger partial charge in [0.1, 0.15) is 31.0 Å². The second-order valence-corrected chi connectivity index (χ2v) is 34.7. The van der Waals surface area contributed by atoms with Crippen molar-refractivity contribution >= 4 is 69.9 Å². The predicted molar refractivity (Wildman–Crippen MR) is 336 cm³/mol. The van der Waals surface area contributed by atoms with Gasteiger partial charge in [0, 0.05) is 37.0 Å². The summed E-state index contributed by atoms with van der Waals surface area (Å²) < 4.78 is 52.6. The van der Waals surface area contributed by atoms with E-state index in [1.807, 2.05) is 0 Å². The van der Waals surface area contributed by atoms with Crippen LogP contribution in [-0.2, 0) is 34.5 Å². The Bertz CT molecular complexity index is 2910. The number of nitrogens with one attached hydrogen (secondary N) is 4. The summed E-state index contributed by atoms with van der Waals surface area (Å²) in [7, 11) is -1.28. The number of carbonyl (C=O) groups is 7. The summed E-state index contributed by atoms with van der Waals surface area (Å²) in [6.07, 6.45) is 1.95. The van der Waals surface area contributed by atoms with E-state index in [9.17, 15) is 33.6 Å². The molecule has 2 fully saturated rings. The molecular formula is C62H93N7O16Si2. The zero-order chi connectivity index (χ0) is 64.6. The standard InChI is InChI=1S/C62H93N7O16Si2/c1-17-29-81-60(76)67-53(39(2)3)55(71)64-40(4)54(70)65-42-23-21-41(22-24-42)36-82-59(75)66-47-34-51(49(77-11)32-45(47)56(72)68-27-25-43(68)37-83-86(13,14)61(5,6)7)79-30-19-18-20-31-80-52-35-48(85-58(63)74)46(33-50(52)78-12)57(73)69-28-26-44(69)38-84-87(15,16)62(8,9)10/h17,21-24,32-35,39-40,43-44,53H,1,18-20,25-31,36-38H2,2-16H3,(H2,63,74)(H,64,71)(H,65,70)(H,66,75)(H,67,76)/t40?,43-,44-,53?/m0/s1. The van der Waals surface area contributed by atoms with E-state index in [1.54, 1.807) is 54.0 Å². The summed E-state index contributed by atoms with van der Waals surface area (Å²) >= 11 is 0. The molecule has 3 aromatic rings. The van der Waals surface area contributed by atoms with Crippen molar-refractivity contribution in [3.8, 4) is 28.7 Å². The normalized spacial score (nSPS) is 15.8. The number of amides is 7. The van der Waals surface area contributed by atoms with Crippen LogP contribution >= 0.6 is 0 Å². The summed E-state index contributed by atoms with van der Waals surface area (Å²) in [5.41, 5.74) is 6.84. The lowest BCUT2D eigenvalue weighted by molar-refractivity contribution is -0.128. The van der Waals surface area contributed by atoms with Crippen molar-refractivity contribution in [1.82, 2.24) is 20.4 Å². The van der Waals surface area contributed by atoms with Gasteiger partial charge in [-0.2, -0.15) is 0 Å². The van der Waals surface area contributed by atoms with Gasteiger partial charge in [0.15, 0.2) is 39.6 Å². The van der Waals surface area contributed by atoms with Crippen LogP contribution in [-0.4, -0.2) is 153 Å². The summed E-state index contributed by atoms with van der Waals surface area (Å²) in [6.45, 7) is 32.1. The highest BCUT2D eigenvalue weighted by Crippen LogP contribution is 2.41. The Morgan fingerprint density at radius 1 is 0.655 bits per heavy atom. The molecule has 0 bridgehead atoms. The van der Waals surface area contributed by atoms with E-state index in [4.69, 9.17) is 47.7 Å². The van der Waals surface area contributed by atoms with Gasteiger partial charge in [-0.15, -0.1) is 0 Å². The molecule has 2 aliphatic heterocycles. The lowest BCUT2D eigenvalue weighted by atomic mass is 10.0. The predicted octanol–water partition coefficient (Wildman–Crippen LogP) is 10.4. The van der Waals surface area contributed by atoms with Crippen molar-refractivity contribution in [2.75, 3.05) is 71.0 Å². The van der Waals surface area contributed by atoms with E-state index >= 15 is 0 Å². The Kier molecular flexibility index (Phi) is 25.1. The van der Waals surface area contributed by atoms with Crippen LogP contribution in [0.5, 0.6) is 28.7 Å². The number of likely N-dealkylation sites (tertiary alicyclic amines) is 2. The van der Waals surface area contributed by atoms with Crippen LogP contribution in [0.2, 0.25) is 36.3 Å². The molecule has 25 heteroatoms. The number of primary amides is 1. The third kappa shape index (κ3) is 19.6. The zero-order valence-electron chi connectivity index (χ0n) is 53.5. The molecule has 0 saturated carbocycles. The fraction of sp³-hybridized carbons (Fsp3) is 0.565. The highest BCUT2D eigenvalue weighted by atomic mass is 28.4. The highest BCUT2D eigenvalue weighted by molar-refractivity contribution is 6.74. The molecule has 3 aromatic carbocycles. The number of methoxy groups -OCH3 is 2. The van der Waals surface area contributed by atoms with E-state index in [-0.39, 0.29) is 112 Å². The number of alkyl carbamates (subject to hydrolysis) is 1. The number of benzene rings is 3. The molecule has 23 nitrogen and oxygen atoms in total. The van der Waals surface area contributed by atoms with Crippen molar-refractivity contribution in [3.63, 3.8) is 0 Å². The summed E-state index contributed by atoms with van der Waals surface area (Å²) in [5, 5.41) is 10.6. The van der Waals surface area contributed by atoms with Gasteiger partial charge in [0.25, 0.3) is 11.8 Å². The Morgan fingerprint density at radius 2 is 1.17 bits per heavy atom. The molecule has 5 rings (SSSR count). The van der Waals surface area contributed by atoms with E-state index < -0.39 is 58.8 Å². The molecule has 6 N–H and O–H groups in total. The van der Waals surface area contributed by atoms with Gasteiger partial charge in [-0.05, 0) is 105 Å². The van der Waals surface area contributed by atoms with Crippen LogP contribution in [0.25, 0.3) is 0 Å². The number of rotatable bonds is 30. The Labute approximate surface area is 514 Å². The Hall–Kier alpha value is -7.36. The minimum absolute atomic E-state index is 0.00536. The fourth-order valence-electron chi connectivity index (χ4n) is 8.58. The molecule has 7 amide bonds. The van der Waals surface area contributed by atoms with Crippen LogP contribution in [0.3, 0.4) is 0 Å². The summed E-state index contributed by atoms with van der Waals surface area (Å²) in [5.74, 6) is -1.07. The maximum atomic E-state index is 14.4. The van der Waals surface area contributed by atoms with Gasteiger partial charge >= 0.3 is 18.3 Å². The largest absolute Gasteiger partial charge is 0.493 e. The number of hydrogen-bond acceptors (Lipinski definition) is 16. The summed E-state index contributed by atoms with van der Waals surface area (Å²) in [4.78, 5) is 95.8. The quantitative estimate of drug-likeness (QED) is 0.0236. The van der Waals surface area contributed by atoms with Crippen LogP contribution < -0.4 is 50.7 Å². The molecule has 0 radical (unpaired) electrons. The monoisotopic (exact) mass is 1250 g/mol. The van der Waals surface area contributed by atoms with Crippen LogP contribution in [0.1, 0.15) is 121 Å². The summed E-state index contributed by atoms with van der Waals surface area (Å²) in [6, 6.07) is 10.3. The van der Waals surface area contributed by atoms with E-state index in [2.05, 4.69) is 95.6 Å². The molecule has 87 heavy (non-hydrogen) atoms. The first-order valence-corrected chi connectivity index (χ1v) is 35.4. The Morgan fingerprint density at radius 3 is 1.64 bits per heavy atom. The zero-order valence-corrected chi connectivity index (χ0v) is 55.5. The van der Waals surface area contributed by atoms with Crippen molar-refractivity contribution in [3.05, 3.63) is 77.9 Å². The number of anilines is 2. The number of ether oxygens (including phenoxy) is 7. The third-order valence-corrected chi connectivity index (χ3v) is 25.4. The van der Waals surface area contributed by atoms with E-state index in [1.165, 1.54) is 45.4 Å². The second kappa shape index (κ2) is 31.0. The molecule has 2 unspecified atom stereocenters. The molecule has 0 spiro atoms.